The van der Waals surface area contributed by atoms with Gasteiger partial charge in [0.25, 0.3) is 0 Å². The number of hydrogen-bond donors (Lipinski definition) is 0. The summed E-state index contributed by atoms with van der Waals surface area (Å²) >= 11 is 5.57. The van der Waals surface area contributed by atoms with Gasteiger partial charge in [-0.25, -0.2) is 0 Å². The molecule has 0 N–H and O–H groups in total. The maximum absolute atomic E-state index is 13.0. The zero-order valence-corrected chi connectivity index (χ0v) is 12.2. The van der Waals surface area contributed by atoms with Crippen LogP contribution in [-0.4, -0.2) is 32.5 Å². The molecule has 1 aromatic rings. The van der Waals surface area contributed by atoms with Crippen LogP contribution in [0, 0.1) is 0 Å². The van der Waals surface area contributed by atoms with E-state index in [1.165, 1.54) is 18.1 Å². The van der Waals surface area contributed by atoms with Crippen LogP contribution >= 0.6 is 11.6 Å². The Labute approximate surface area is 125 Å². The first-order valence-corrected chi connectivity index (χ1v) is 6.98. The Morgan fingerprint density at radius 3 is 2.81 bits per heavy atom. The Hall–Kier alpha value is -1.50. The molecule has 1 aromatic heterocycles. The van der Waals surface area contributed by atoms with Crippen molar-refractivity contribution in [3.8, 4) is 0 Å². The van der Waals surface area contributed by atoms with Gasteiger partial charge in [0.1, 0.15) is 5.88 Å². The molecule has 0 saturated heterocycles. The molecule has 21 heavy (non-hydrogen) atoms. The molecule has 1 aliphatic carbocycles. The first kappa shape index (κ1) is 15.9. The lowest BCUT2D eigenvalue weighted by molar-refractivity contribution is -0.143. The van der Waals surface area contributed by atoms with E-state index in [1.54, 1.807) is 0 Å². The number of nitrogens with zero attached hydrogens (tertiary/aromatic N) is 3. The first-order chi connectivity index (χ1) is 9.82. The third-order valence-corrected chi connectivity index (χ3v) is 3.56. The summed E-state index contributed by atoms with van der Waals surface area (Å²) in [6, 6.07) is -0.211. The van der Waals surface area contributed by atoms with Crippen LogP contribution in [0.1, 0.15) is 24.1 Å². The lowest BCUT2D eigenvalue weighted by Gasteiger charge is -2.27. The summed E-state index contributed by atoms with van der Waals surface area (Å²) in [6.45, 7) is -0.150. The topological polar surface area (TPSA) is 38.1 Å². The lowest BCUT2D eigenvalue weighted by Crippen LogP contribution is -2.39. The second-order valence-corrected chi connectivity index (χ2v) is 5.17. The van der Waals surface area contributed by atoms with Crippen LogP contribution in [0.3, 0.4) is 0 Å². The predicted molar refractivity (Wildman–Crippen MR) is 71.6 cm³/mol. The summed E-state index contributed by atoms with van der Waals surface area (Å²) in [7, 11) is 1.42. The Kier molecular flexibility index (Phi) is 4.61. The van der Waals surface area contributed by atoms with E-state index in [0.717, 1.165) is 11.1 Å². The van der Waals surface area contributed by atoms with Gasteiger partial charge in [-0.2, -0.15) is 18.3 Å². The minimum atomic E-state index is -4.54. The van der Waals surface area contributed by atoms with Crippen LogP contribution in [0.4, 0.5) is 13.2 Å². The number of carbonyl (C=O) groups is 1. The van der Waals surface area contributed by atoms with Crippen molar-refractivity contribution in [2.45, 2.75) is 31.6 Å². The fourth-order valence-electron chi connectivity index (χ4n) is 2.42. The molecule has 1 atom stereocenters. The summed E-state index contributed by atoms with van der Waals surface area (Å²) < 4.78 is 40.0. The number of allylic oxidation sites excluding steroid dienone is 1. The summed E-state index contributed by atoms with van der Waals surface area (Å²) in [5.41, 5.74) is -0.983. The fraction of sp³-hybridized carbons (Fsp3) is 0.538. The number of hydrogen-bond acceptors (Lipinski definition) is 2. The molecule has 0 aliphatic heterocycles. The minimum Gasteiger partial charge on any atom is -0.331 e. The lowest BCUT2D eigenvalue weighted by atomic mass is 10.1. The molecule has 116 valence electrons. The Morgan fingerprint density at radius 1 is 1.57 bits per heavy atom. The van der Waals surface area contributed by atoms with Gasteiger partial charge in [0.05, 0.1) is 6.04 Å². The van der Waals surface area contributed by atoms with E-state index in [2.05, 4.69) is 5.10 Å². The van der Waals surface area contributed by atoms with Crippen molar-refractivity contribution < 1.29 is 18.0 Å². The molecule has 8 heteroatoms. The van der Waals surface area contributed by atoms with Crippen molar-refractivity contribution in [1.29, 1.82) is 0 Å². The molecule has 1 amide bonds. The second kappa shape index (κ2) is 6.09. The molecule has 2 rings (SSSR count). The highest BCUT2D eigenvalue weighted by molar-refractivity contribution is 6.27. The Morgan fingerprint density at radius 2 is 2.29 bits per heavy atom. The fourth-order valence-corrected chi connectivity index (χ4v) is 2.57. The largest absolute Gasteiger partial charge is 0.435 e. The normalized spacial score (nSPS) is 18.2. The van der Waals surface area contributed by atoms with Gasteiger partial charge in [0.15, 0.2) is 5.69 Å². The summed E-state index contributed by atoms with van der Waals surface area (Å²) in [5.74, 6) is -0.642. The molecule has 1 aliphatic rings. The standard InChI is InChI=1S/C13H15ClF3N3O/c1-19-7-9(12(18-19)13(15,16)17)8-20(11(21)6-14)10-4-2-3-5-10/h2,4,7,10H,3,5-6,8H2,1H3. The molecule has 1 heterocycles. The van der Waals surface area contributed by atoms with Crippen LogP contribution < -0.4 is 0 Å². The summed E-state index contributed by atoms with van der Waals surface area (Å²) in [4.78, 5) is 13.3. The van der Waals surface area contributed by atoms with Crippen molar-refractivity contribution in [1.82, 2.24) is 14.7 Å². The van der Waals surface area contributed by atoms with E-state index in [9.17, 15) is 18.0 Å². The average Bonchev–Trinajstić information content (AvgIpc) is 3.03. The van der Waals surface area contributed by atoms with Gasteiger partial charge in [0.2, 0.25) is 5.91 Å². The second-order valence-electron chi connectivity index (χ2n) is 4.90. The number of aryl methyl sites for hydroxylation is 1. The highest BCUT2D eigenvalue weighted by Crippen LogP contribution is 2.32. The number of amides is 1. The van der Waals surface area contributed by atoms with Crippen LogP contribution in [0.25, 0.3) is 0 Å². The van der Waals surface area contributed by atoms with Crippen molar-refractivity contribution in [3.63, 3.8) is 0 Å². The summed E-state index contributed by atoms with van der Waals surface area (Å²) in [6.07, 6.45) is 1.98. The molecule has 0 bridgehead atoms. The van der Waals surface area contributed by atoms with Crippen LogP contribution in [0.15, 0.2) is 18.3 Å². The van der Waals surface area contributed by atoms with E-state index in [-0.39, 0.29) is 29.9 Å². The van der Waals surface area contributed by atoms with Crippen molar-refractivity contribution >= 4 is 17.5 Å². The molecular weight excluding hydrogens is 307 g/mol. The quantitative estimate of drug-likeness (QED) is 0.632. The van der Waals surface area contributed by atoms with Crippen molar-refractivity contribution in [3.05, 3.63) is 29.6 Å². The molecule has 0 fully saturated rings. The van der Waals surface area contributed by atoms with Crippen LogP contribution in [-0.2, 0) is 24.6 Å². The summed E-state index contributed by atoms with van der Waals surface area (Å²) in [5, 5.41) is 3.45. The van der Waals surface area contributed by atoms with Gasteiger partial charge in [-0.1, -0.05) is 12.2 Å². The van der Waals surface area contributed by atoms with E-state index >= 15 is 0 Å². The molecule has 1 unspecified atom stereocenters. The highest BCUT2D eigenvalue weighted by atomic mass is 35.5. The van der Waals surface area contributed by atoms with E-state index in [4.69, 9.17) is 11.6 Å². The number of aromatic nitrogens is 2. The van der Waals surface area contributed by atoms with Gasteiger partial charge < -0.3 is 4.90 Å². The molecule has 0 saturated carbocycles. The minimum absolute atomic E-state index is 0.0243. The van der Waals surface area contributed by atoms with Gasteiger partial charge in [0, 0.05) is 25.4 Å². The van der Waals surface area contributed by atoms with Crippen LogP contribution in [0.2, 0.25) is 0 Å². The third-order valence-electron chi connectivity index (χ3n) is 3.34. The molecule has 0 spiro atoms. The monoisotopic (exact) mass is 321 g/mol. The van der Waals surface area contributed by atoms with Crippen molar-refractivity contribution in [2.75, 3.05) is 5.88 Å². The van der Waals surface area contributed by atoms with Crippen molar-refractivity contribution in [2.24, 2.45) is 7.05 Å². The SMILES string of the molecule is Cn1cc(CN(C(=O)CCl)C2C=CCC2)c(C(F)(F)F)n1. The number of carbonyl (C=O) groups excluding carboxylic acids is 1. The number of halogens is 4. The van der Waals surface area contributed by atoms with E-state index in [1.807, 2.05) is 12.2 Å². The third kappa shape index (κ3) is 3.58. The van der Waals surface area contributed by atoms with E-state index in [0.29, 0.717) is 6.42 Å². The van der Waals surface area contributed by atoms with Gasteiger partial charge in [-0.05, 0) is 12.8 Å². The smallest absolute Gasteiger partial charge is 0.331 e. The predicted octanol–water partition coefficient (Wildman–Crippen LogP) is 2.72. The Bertz CT molecular complexity index is 553. The molecule has 0 radical (unpaired) electrons. The number of rotatable bonds is 4. The Balaban J connectivity index is 2.28. The maximum Gasteiger partial charge on any atom is 0.435 e. The van der Waals surface area contributed by atoms with Gasteiger partial charge in [-0.15, -0.1) is 11.6 Å². The highest BCUT2D eigenvalue weighted by Gasteiger charge is 2.38. The first-order valence-electron chi connectivity index (χ1n) is 6.44. The number of alkyl halides is 4. The van der Waals surface area contributed by atoms with Gasteiger partial charge in [-0.3, -0.25) is 9.48 Å². The van der Waals surface area contributed by atoms with Crippen LogP contribution in [0.5, 0.6) is 0 Å². The van der Waals surface area contributed by atoms with Gasteiger partial charge >= 0.3 is 6.18 Å². The van der Waals surface area contributed by atoms with E-state index < -0.39 is 11.9 Å². The molecule has 0 aromatic carbocycles. The maximum atomic E-state index is 13.0. The molecule has 4 nitrogen and oxygen atoms in total. The zero-order chi connectivity index (χ0) is 15.6. The molecular formula is C13H15ClF3N3O. The average molecular weight is 322 g/mol. The zero-order valence-electron chi connectivity index (χ0n) is 11.4.